The molecule has 0 bridgehead atoms. The number of benzene rings is 2. The van der Waals surface area contributed by atoms with Crippen molar-refractivity contribution in [3.8, 4) is 22.8 Å². The number of anilines is 1. The molecule has 3 aromatic rings. The maximum Gasteiger partial charge on any atom is 0.262 e. The molecule has 2 heterocycles. The molecule has 0 spiro atoms. The van der Waals surface area contributed by atoms with Crippen LogP contribution in [0.1, 0.15) is 17.3 Å². The van der Waals surface area contributed by atoms with Crippen LogP contribution in [0.15, 0.2) is 53.8 Å². The second-order valence-electron chi connectivity index (χ2n) is 6.75. The molecule has 1 N–H and O–H groups in total. The zero-order valence-electron chi connectivity index (χ0n) is 16.7. The van der Waals surface area contributed by atoms with Gasteiger partial charge in [-0.25, -0.2) is 4.98 Å². The van der Waals surface area contributed by atoms with Crippen LogP contribution in [0.25, 0.3) is 11.3 Å². The fourth-order valence-corrected chi connectivity index (χ4v) is 4.13. The first-order valence-corrected chi connectivity index (χ1v) is 10.4. The lowest BCUT2D eigenvalue weighted by molar-refractivity contribution is -0.118. The average Bonchev–Trinajstić information content (AvgIpc) is 3.34. The van der Waals surface area contributed by atoms with E-state index in [1.54, 1.807) is 30.0 Å². The molecule has 1 aliphatic rings. The molecule has 154 valence electrons. The number of hydrogen-bond acceptors (Lipinski definition) is 6. The van der Waals surface area contributed by atoms with Crippen molar-refractivity contribution < 1.29 is 19.1 Å². The van der Waals surface area contributed by atoms with Crippen molar-refractivity contribution in [2.75, 3.05) is 24.8 Å². The van der Waals surface area contributed by atoms with Gasteiger partial charge >= 0.3 is 0 Å². The van der Waals surface area contributed by atoms with Crippen LogP contribution in [0.4, 0.5) is 5.69 Å². The summed E-state index contributed by atoms with van der Waals surface area (Å²) in [6, 6.07) is 12.4. The number of ether oxygens (including phenoxy) is 2. The fraction of sp³-hybridized carbons (Fsp3) is 0.227. The molecule has 0 saturated carbocycles. The first-order chi connectivity index (χ1) is 14.5. The summed E-state index contributed by atoms with van der Waals surface area (Å²) in [5, 5.41) is 3.89. The van der Waals surface area contributed by atoms with E-state index in [2.05, 4.69) is 14.9 Å². The second-order valence-corrected chi connectivity index (χ2v) is 7.82. The van der Waals surface area contributed by atoms with E-state index < -0.39 is 0 Å². The predicted molar refractivity (Wildman–Crippen MR) is 116 cm³/mol. The number of carbonyl (C=O) groups is 2. The van der Waals surface area contributed by atoms with Gasteiger partial charge in [-0.15, -0.1) is 0 Å². The SMILES string of the molecule is COc1cc(C(C)=O)ccc1OCC(=O)Nc1ccccc1-c1cn2c(n1)SCC2. The second kappa shape index (κ2) is 8.62. The summed E-state index contributed by atoms with van der Waals surface area (Å²) in [6.45, 7) is 2.23. The Morgan fingerprint density at radius 3 is 2.80 bits per heavy atom. The summed E-state index contributed by atoms with van der Waals surface area (Å²) in [7, 11) is 1.49. The highest BCUT2D eigenvalue weighted by molar-refractivity contribution is 7.99. The lowest BCUT2D eigenvalue weighted by Gasteiger charge is -2.13. The number of fused-ring (bicyclic) bond motifs is 1. The van der Waals surface area contributed by atoms with Crippen LogP contribution in [-0.4, -0.2) is 40.7 Å². The van der Waals surface area contributed by atoms with Gasteiger partial charge in [0.15, 0.2) is 29.0 Å². The van der Waals surface area contributed by atoms with Gasteiger partial charge < -0.3 is 19.4 Å². The number of aromatic nitrogens is 2. The maximum absolute atomic E-state index is 12.5. The van der Waals surface area contributed by atoms with Gasteiger partial charge in [-0.1, -0.05) is 30.0 Å². The van der Waals surface area contributed by atoms with E-state index in [1.807, 2.05) is 30.5 Å². The van der Waals surface area contributed by atoms with Crippen molar-refractivity contribution in [2.24, 2.45) is 0 Å². The minimum atomic E-state index is -0.304. The Hall–Kier alpha value is -3.26. The Labute approximate surface area is 178 Å². The third kappa shape index (κ3) is 4.18. The zero-order chi connectivity index (χ0) is 21.1. The van der Waals surface area contributed by atoms with Crippen molar-refractivity contribution >= 4 is 29.1 Å². The van der Waals surface area contributed by atoms with Crippen molar-refractivity contribution in [1.82, 2.24) is 9.55 Å². The Balaban J connectivity index is 1.46. The van der Waals surface area contributed by atoms with Crippen molar-refractivity contribution in [2.45, 2.75) is 18.6 Å². The van der Waals surface area contributed by atoms with E-state index >= 15 is 0 Å². The van der Waals surface area contributed by atoms with E-state index in [0.717, 1.165) is 28.7 Å². The summed E-state index contributed by atoms with van der Waals surface area (Å²) in [6.07, 6.45) is 2.01. The first-order valence-electron chi connectivity index (χ1n) is 9.46. The molecule has 1 aromatic heterocycles. The normalized spacial score (nSPS) is 12.3. The van der Waals surface area contributed by atoms with Gasteiger partial charge in [0.25, 0.3) is 5.91 Å². The van der Waals surface area contributed by atoms with Gasteiger partial charge in [0, 0.05) is 29.6 Å². The van der Waals surface area contributed by atoms with Crippen LogP contribution in [0.2, 0.25) is 0 Å². The summed E-state index contributed by atoms with van der Waals surface area (Å²) in [4.78, 5) is 28.7. The number of thioether (sulfide) groups is 1. The number of Topliss-reactive ketones (excluding diaryl/α,β-unsaturated/α-hetero) is 1. The number of aryl methyl sites for hydroxylation is 1. The number of rotatable bonds is 7. The highest BCUT2D eigenvalue weighted by atomic mass is 32.2. The predicted octanol–water partition coefficient (Wildman–Crippen LogP) is 3.88. The number of methoxy groups -OCH3 is 1. The minimum absolute atomic E-state index is 0.0714. The molecule has 8 heteroatoms. The molecule has 0 radical (unpaired) electrons. The van der Waals surface area contributed by atoms with E-state index in [-0.39, 0.29) is 18.3 Å². The van der Waals surface area contributed by atoms with E-state index in [0.29, 0.717) is 22.7 Å². The van der Waals surface area contributed by atoms with Gasteiger partial charge in [0.1, 0.15) is 0 Å². The number of carbonyl (C=O) groups excluding carboxylic acids is 2. The number of imidazole rings is 1. The van der Waals surface area contributed by atoms with Crippen LogP contribution in [0, 0.1) is 0 Å². The van der Waals surface area contributed by atoms with Crippen LogP contribution >= 0.6 is 11.8 Å². The van der Waals surface area contributed by atoms with E-state index in [9.17, 15) is 9.59 Å². The third-order valence-corrected chi connectivity index (χ3v) is 5.68. The lowest BCUT2D eigenvalue weighted by atomic mass is 10.1. The molecule has 0 saturated heterocycles. The Kier molecular flexibility index (Phi) is 5.76. The smallest absolute Gasteiger partial charge is 0.262 e. The molecular weight excluding hydrogens is 402 g/mol. The Morgan fingerprint density at radius 1 is 1.20 bits per heavy atom. The van der Waals surface area contributed by atoms with Crippen molar-refractivity contribution in [3.05, 3.63) is 54.2 Å². The molecule has 0 atom stereocenters. The number of nitrogens with one attached hydrogen (secondary N) is 1. The number of hydrogen-bond donors (Lipinski definition) is 1. The Morgan fingerprint density at radius 2 is 2.03 bits per heavy atom. The van der Waals surface area contributed by atoms with Gasteiger partial charge in [-0.05, 0) is 31.2 Å². The topological polar surface area (TPSA) is 82.5 Å². The van der Waals surface area contributed by atoms with Gasteiger partial charge in [-0.3, -0.25) is 9.59 Å². The summed E-state index contributed by atoms with van der Waals surface area (Å²) in [5.41, 5.74) is 2.88. The molecule has 4 rings (SSSR count). The van der Waals surface area contributed by atoms with Crippen LogP contribution in [-0.2, 0) is 11.3 Å². The van der Waals surface area contributed by atoms with Crippen molar-refractivity contribution in [3.63, 3.8) is 0 Å². The van der Waals surface area contributed by atoms with Crippen LogP contribution < -0.4 is 14.8 Å². The average molecular weight is 423 g/mol. The van der Waals surface area contributed by atoms with Gasteiger partial charge in [0.2, 0.25) is 0 Å². The molecular formula is C22H21N3O4S. The van der Waals surface area contributed by atoms with Gasteiger partial charge in [0.05, 0.1) is 18.5 Å². The van der Waals surface area contributed by atoms with Crippen LogP contribution in [0.3, 0.4) is 0 Å². The van der Waals surface area contributed by atoms with Gasteiger partial charge in [-0.2, -0.15) is 0 Å². The molecule has 7 nitrogen and oxygen atoms in total. The molecule has 1 aliphatic heterocycles. The molecule has 0 unspecified atom stereocenters. The minimum Gasteiger partial charge on any atom is -0.493 e. The van der Waals surface area contributed by atoms with E-state index in [4.69, 9.17) is 9.47 Å². The number of para-hydroxylation sites is 1. The number of ketones is 1. The molecule has 1 amide bonds. The highest BCUT2D eigenvalue weighted by Crippen LogP contribution is 2.32. The number of nitrogens with zero attached hydrogens (tertiary/aromatic N) is 2. The highest BCUT2D eigenvalue weighted by Gasteiger charge is 2.18. The Bertz CT molecular complexity index is 1090. The zero-order valence-corrected chi connectivity index (χ0v) is 17.5. The molecule has 0 fully saturated rings. The first kappa shape index (κ1) is 20.0. The maximum atomic E-state index is 12.5. The molecule has 30 heavy (non-hydrogen) atoms. The standard InChI is InChI=1S/C22H21N3O4S/c1-14(26)15-7-8-19(20(11-15)28-2)29-13-21(27)23-17-6-4-3-5-16(17)18-12-25-9-10-30-22(25)24-18/h3-8,11-12H,9-10,13H2,1-2H3,(H,23,27). The monoisotopic (exact) mass is 423 g/mol. The lowest BCUT2D eigenvalue weighted by Crippen LogP contribution is -2.20. The van der Waals surface area contributed by atoms with Crippen molar-refractivity contribution in [1.29, 1.82) is 0 Å². The summed E-state index contributed by atoms with van der Waals surface area (Å²) < 4.78 is 13.0. The van der Waals surface area contributed by atoms with E-state index in [1.165, 1.54) is 14.0 Å². The molecule has 2 aromatic carbocycles. The summed E-state index contributed by atoms with van der Waals surface area (Å²) >= 11 is 1.73. The largest absolute Gasteiger partial charge is 0.493 e. The third-order valence-electron chi connectivity index (χ3n) is 4.71. The van der Waals surface area contributed by atoms with Crippen LogP contribution in [0.5, 0.6) is 11.5 Å². The fourth-order valence-electron chi connectivity index (χ4n) is 3.19. The quantitative estimate of drug-likeness (QED) is 0.581. The molecule has 0 aliphatic carbocycles. The number of amides is 1. The summed E-state index contributed by atoms with van der Waals surface area (Å²) in [5.74, 6) is 1.46.